The van der Waals surface area contributed by atoms with Crippen molar-refractivity contribution in [2.45, 2.75) is 58.0 Å². The molecule has 2 aliphatic heterocycles. The van der Waals surface area contributed by atoms with E-state index in [2.05, 4.69) is 10.00 Å². The molecule has 0 aliphatic carbocycles. The van der Waals surface area contributed by atoms with Crippen LogP contribution in [0.25, 0.3) is 0 Å². The minimum Gasteiger partial charge on any atom is -0.480 e. The summed E-state index contributed by atoms with van der Waals surface area (Å²) in [6.45, 7) is 7.59. The number of aromatic nitrogens is 2. The number of carbonyl (C=O) groups excluding carboxylic acids is 1. The molecule has 0 aromatic carbocycles. The Bertz CT molecular complexity index is 634. The minimum atomic E-state index is -0.857. The van der Waals surface area contributed by atoms with Gasteiger partial charge in [-0.2, -0.15) is 5.10 Å². The minimum absolute atomic E-state index is 0.0699. The molecule has 1 aromatic heterocycles. The zero-order chi connectivity index (χ0) is 18.7. The Morgan fingerprint density at radius 2 is 1.96 bits per heavy atom. The molecule has 7 heteroatoms. The Morgan fingerprint density at radius 3 is 2.62 bits per heavy atom. The molecule has 7 nitrogen and oxygen atoms in total. The molecule has 3 heterocycles. The largest absolute Gasteiger partial charge is 0.480 e. The van der Waals surface area contributed by atoms with Gasteiger partial charge in [-0.25, -0.2) is 0 Å². The number of carbonyl (C=O) groups is 2. The van der Waals surface area contributed by atoms with Crippen LogP contribution in [0, 0.1) is 5.92 Å². The normalized spacial score (nSPS) is 22.7. The summed E-state index contributed by atoms with van der Waals surface area (Å²) < 4.78 is 1.63. The summed E-state index contributed by atoms with van der Waals surface area (Å²) in [6, 6.07) is 2.48. The Kier molecular flexibility index (Phi) is 5.96. The first kappa shape index (κ1) is 18.9. The average molecular weight is 362 g/mol. The molecular weight excluding hydrogens is 332 g/mol. The summed E-state index contributed by atoms with van der Waals surface area (Å²) in [5.74, 6) is -0.191. The second kappa shape index (κ2) is 8.20. The smallest absolute Gasteiger partial charge is 0.325 e. The van der Waals surface area contributed by atoms with Gasteiger partial charge in [0, 0.05) is 49.4 Å². The first-order valence-corrected chi connectivity index (χ1v) is 9.72. The molecular formula is C19H30N4O3. The Morgan fingerprint density at radius 1 is 1.23 bits per heavy atom. The molecule has 3 rings (SSSR count). The maximum Gasteiger partial charge on any atom is 0.325 e. The van der Waals surface area contributed by atoms with Gasteiger partial charge in [-0.1, -0.05) is 13.8 Å². The first-order chi connectivity index (χ1) is 12.5. The van der Waals surface area contributed by atoms with Crippen molar-refractivity contribution < 1.29 is 14.7 Å². The fourth-order valence-corrected chi connectivity index (χ4v) is 4.35. The van der Waals surface area contributed by atoms with Gasteiger partial charge in [-0.05, 0) is 38.3 Å². The highest BCUT2D eigenvalue weighted by Crippen LogP contribution is 2.30. The Balaban J connectivity index is 1.59. The van der Waals surface area contributed by atoms with Gasteiger partial charge in [-0.15, -0.1) is 0 Å². The van der Waals surface area contributed by atoms with Crippen LogP contribution in [0.3, 0.4) is 0 Å². The number of carboxylic acid groups (broad SMARTS) is 1. The monoisotopic (exact) mass is 362 g/mol. The zero-order valence-electron chi connectivity index (χ0n) is 15.8. The molecule has 26 heavy (non-hydrogen) atoms. The highest BCUT2D eigenvalue weighted by Gasteiger charge is 2.32. The molecule has 0 saturated carbocycles. The van der Waals surface area contributed by atoms with E-state index >= 15 is 0 Å². The van der Waals surface area contributed by atoms with Crippen molar-refractivity contribution in [1.29, 1.82) is 0 Å². The van der Waals surface area contributed by atoms with Crippen molar-refractivity contribution in [3.63, 3.8) is 0 Å². The number of hydrogen-bond acceptors (Lipinski definition) is 4. The van der Waals surface area contributed by atoms with Gasteiger partial charge in [0.25, 0.3) is 0 Å². The third-order valence-corrected chi connectivity index (χ3v) is 5.69. The highest BCUT2D eigenvalue weighted by molar-refractivity contribution is 5.78. The molecule has 2 fully saturated rings. The van der Waals surface area contributed by atoms with E-state index in [1.54, 1.807) is 10.9 Å². The fourth-order valence-electron chi connectivity index (χ4n) is 4.35. The van der Waals surface area contributed by atoms with E-state index in [0.717, 1.165) is 57.6 Å². The van der Waals surface area contributed by atoms with E-state index in [0.29, 0.717) is 12.0 Å². The molecule has 0 radical (unpaired) electrons. The highest BCUT2D eigenvalue weighted by atomic mass is 16.4. The summed E-state index contributed by atoms with van der Waals surface area (Å²) in [4.78, 5) is 27.8. The van der Waals surface area contributed by atoms with Crippen LogP contribution in [0.5, 0.6) is 0 Å². The van der Waals surface area contributed by atoms with Crippen molar-refractivity contribution in [2.24, 2.45) is 5.92 Å². The number of nitrogens with zero attached hydrogens (tertiary/aromatic N) is 4. The molecule has 1 unspecified atom stereocenters. The molecule has 0 bridgehead atoms. The standard InChI is InChI=1S/C19H30N4O3/c1-14(2)19(26)21-10-6-16(7-11-21)22-9-3-4-15(12-22)17-5-8-20-23(17)13-18(24)25/h5,8,14-16H,3-4,6-7,9-13H2,1-2H3,(H,24,25). The van der Waals surface area contributed by atoms with Crippen LogP contribution in [0.1, 0.15) is 51.1 Å². The molecule has 144 valence electrons. The van der Waals surface area contributed by atoms with Crippen molar-refractivity contribution in [3.05, 3.63) is 18.0 Å². The van der Waals surface area contributed by atoms with E-state index < -0.39 is 5.97 Å². The number of carboxylic acids is 1. The summed E-state index contributed by atoms with van der Waals surface area (Å²) >= 11 is 0. The molecule has 1 aromatic rings. The van der Waals surface area contributed by atoms with Crippen LogP contribution in [-0.2, 0) is 16.1 Å². The number of piperidine rings is 2. The second-order valence-corrected chi connectivity index (χ2v) is 7.85. The van der Waals surface area contributed by atoms with Crippen LogP contribution in [0.4, 0.5) is 0 Å². The van der Waals surface area contributed by atoms with E-state index in [4.69, 9.17) is 5.11 Å². The lowest BCUT2D eigenvalue weighted by Crippen LogP contribution is -2.50. The zero-order valence-corrected chi connectivity index (χ0v) is 15.8. The second-order valence-electron chi connectivity index (χ2n) is 7.85. The van der Waals surface area contributed by atoms with E-state index in [1.165, 1.54) is 0 Å². The van der Waals surface area contributed by atoms with Crippen molar-refractivity contribution in [3.8, 4) is 0 Å². The van der Waals surface area contributed by atoms with Crippen LogP contribution < -0.4 is 0 Å². The number of amides is 1. The quantitative estimate of drug-likeness (QED) is 0.864. The average Bonchev–Trinajstić information content (AvgIpc) is 3.08. The summed E-state index contributed by atoms with van der Waals surface area (Å²) in [6.07, 6.45) is 5.95. The number of likely N-dealkylation sites (tertiary alicyclic amines) is 2. The van der Waals surface area contributed by atoms with Crippen molar-refractivity contribution in [2.75, 3.05) is 26.2 Å². The van der Waals surface area contributed by atoms with E-state index in [-0.39, 0.29) is 18.4 Å². The Hall–Kier alpha value is -1.89. The van der Waals surface area contributed by atoms with Gasteiger partial charge in [-0.3, -0.25) is 19.2 Å². The van der Waals surface area contributed by atoms with Crippen molar-refractivity contribution in [1.82, 2.24) is 19.6 Å². The summed E-state index contributed by atoms with van der Waals surface area (Å²) in [5, 5.41) is 13.3. The molecule has 0 spiro atoms. The maximum absolute atomic E-state index is 12.2. The summed E-state index contributed by atoms with van der Waals surface area (Å²) in [5.41, 5.74) is 1.03. The summed E-state index contributed by atoms with van der Waals surface area (Å²) in [7, 11) is 0. The molecule has 2 saturated heterocycles. The van der Waals surface area contributed by atoms with Gasteiger partial charge in [0.1, 0.15) is 6.54 Å². The fraction of sp³-hybridized carbons (Fsp3) is 0.737. The predicted molar refractivity (Wildman–Crippen MR) is 97.9 cm³/mol. The Labute approximate surface area is 155 Å². The van der Waals surface area contributed by atoms with Crippen LogP contribution >= 0.6 is 0 Å². The number of aliphatic carboxylic acids is 1. The maximum atomic E-state index is 12.2. The molecule has 1 atom stereocenters. The third kappa shape index (κ3) is 4.26. The van der Waals surface area contributed by atoms with Crippen molar-refractivity contribution >= 4 is 11.9 Å². The van der Waals surface area contributed by atoms with Crippen LogP contribution in [0.2, 0.25) is 0 Å². The van der Waals surface area contributed by atoms with Gasteiger partial charge in [0.05, 0.1) is 0 Å². The lowest BCUT2D eigenvalue weighted by Gasteiger charge is -2.42. The lowest BCUT2D eigenvalue weighted by atomic mass is 9.91. The van der Waals surface area contributed by atoms with Gasteiger partial charge < -0.3 is 10.0 Å². The number of hydrogen-bond donors (Lipinski definition) is 1. The van der Waals surface area contributed by atoms with Crippen LogP contribution in [0.15, 0.2) is 12.3 Å². The topological polar surface area (TPSA) is 78.7 Å². The molecule has 2 aliphatic rings. The third-order valence-electron chi connectivity index (χ3n) is 5.69. The molecule has 1 amide bonds. The van der Waals surface area contributed by atoms with E-state index in [1.807, 2.05) is 24.8 Å². The van der Waals surface area contributed by atoms with Gasteiger partial charge in [0.15, 0.2) is 0 Å². The predicted octanol–water partition coefficient (Wildman–Crippen LogP) is 1.79. The van der Waals surface area contributed by atoms with E-state index in [9.17, 15) is 9.59 Å². The lowest BCUT2D eigenvalue weighted by molar-refractivity contribution is -0.138. The van der Waals surface area contributed by atoms with Gasteiger partial charge >= 0.3 is 5.97 Å². The van der Waals surface area contributed by atoms with Gasteiger partial charge in [0.2, 0.25) is 5.91 Å². The molecule has 1 N–H and O–H groups in total. The SMILES string of the molecule is CC(C)C(=O)N1CCC(N2CCCC(c3ccnn3CC(=O)O)C2)CC1. The first-order valence-electron chi connectivity index (χ1n) is 9.72. The number of rotatable bonds is 5. The van der Waals surface area contributed by atoms with Crippen LogP contribution in [-0.4, -0.2) is 68.8 Å².